The molecule has 2 rings (SSSR count). The Morgan fingerprint density at radius 3 is 2.75 bits per heavy atom. The summed E-state index contributed by atoms with van der Waals surface area (Å²) in [5, 5.41) is 0. The summed E-state index contributed by atoms with van der Waals surface area (Å²) in [6.45, 7) is 7.55. The maximum Gasteiger partial charge on any atom is 0.103 e. The van der Waals surface area contributed by atoms with E-state index in [4.69, 9.17) is 4.74 Å². The van der Waals surface area contributed by atoms with Gasteiger partial charge in [0.1, 0.15) is 6.10 Å². The summed E-state index contributed by atoms with van der Waals surface area (Å²) in [6.07, 6.45) is 10.2. The van der Waals surface area contributed by atoms with Gasteiger partial charge in [0, 0.05) is 5.92 Å². The molecule has 64 valence electrons. The molecule has 0 aromatic heterocycles. The van der Waals surface area contributed by atoms with Gasteiger partial charge >= 0.3 is 0 Å². The van der Waals surface area contributed by atoms with Crippen LogP contribution < -0.4 is 0 Å². The normalized spacial score (nSPS) is 44.3. The lowest BCUT2D eigenvalue weighted by atomic mass is 9.91. The largest absolute Gasteiger partial charge is 0.365 e. The molecule has 2 aliphatic rings. The minimum absolute atomic E-state index is 0.292. The third kappa shape index (κ3) is 1.14. The van der Waals surface area contributed by atoms with Crippen LogP contribution in [0.1, 0.15) is 6.42 Å². The molecule has 1 fully saturated rings. The number of rotatable bonds is 3. The molecule has 0 saturated carbocycles. The maximum absolute atomic E-state index is 5.47. The van der Waals surface area contributed by atoms with Crippen LogP contribution in [-0.2, 0) is 4.74 Å². The van der Waals surface area contributed by atoms with Crippen LogP contribution in [0.2, 0.25) is 0 Å². The second-order valence-electron chi connectivity index (χ2n) is 3.44. The fraction of sp³-hybridized carbons (Fsp3) is 0.455. The summed E-state index contributed by atoms with van der Waals surface area (Å²) in [5.74, 6) is 1.13. The second-order valence-corrected chi connectivity index (χ2v) is 3.44. The number of epoxide rings is 1. The first-order valence-electron chi connectivity index (χ1n) is 4.44. The van der Waals surface area contributed by atoms with E-state index in [-0.39, 0.29) is 0 Å². The molecule has 1 heterocycles. The van der Waals surface area contributed by atoms with E-state index in [2.05, 4.69) is 25.3 Å². The van der Waals surface area contributed by atoms with Crippen LogP contribution in [0.5, 0.6) is 0 Å². The molecule has 1 heteroatoms. The van der Waals surface area contributed by atoms with Gasteiger partial charge in [-0.2, -0.15) is 0 Å². The lowest BCUT2D eigenvalue weighted by Gasteiger charge is -2.11. The van der Waals surface area contributed by atoms with E-state index in [9.17, 15) is 0 Å². The summed E-state index contributed by atoms with van der Waals surface area (Å²) >= 11 is 0. The van der Waals surface area contributed by atoms with Gasteiger partial charge in [-0.3, -0.25) is 0 Å². The van der Waals surface area contributed by atoms with Gasteiger partial charge in [-0.15, -0.1) is 13.2 Å². The topological polar surface area (TPSA) is 12.5 Å². The summed E-state index contributed by atoms with van der Waals surface area (Å²) in [4.78, 5) is 0. The first-order chi connectivity index (χ1) is 5.86. The van der Waals surface area contributed by atoms with Crippen LogP contribution in [0.4, 0.5) is 0 Å². The van der Waals surface area contributed by atoms with Crippen LogP contribution >= 0.6 is 0 Å². The molecule has 1 nitrogen and oxygen atoms in total. The molecule has 0 spiro atoms. The summed E-state index contributed by atoms with van der Waals surface area (Å²) in [5.41, 5.74) is 0. The van der Waals surface area contributed by atoms with Crippen LogP contribution in [0.3, 0.4) is 0 Å². The van der Waals surface area contributed by atoms with Crippen LogP contribution in [0.25, 0.3) is 0 Å². The van der Waals surface area contributed by atoms with Crippen LogP contribution in [-0.4, -0.2) is 12.2 Å². The van der Waals surface area contributed by atoms with Gasteiger partial charge in [0.15, 0.2) is 0 Å². The zero-order valence-corrected chi connectivity index (χ0v) is 7.15. The van der Waals surface area contributed by atoms with Gasteiger partial charge in [0.05, 0.1) is 6.10 Å². The molecule has 0 N–H and O–H groups in total. The van der Waals surface area contributed by atoms with Crippen molar-refractivity contribution in [2.45, 2.75) is 18.6 Å². The van der Waals surface area contributed by atoms with E-state index in [1.165, 1.54) is 0 Å². The van der Waals surface area contributed by atoms with Crippen molar-refractivity contribution in [3.05, 3.63) is 37.5 Å². The first kappa shape index (κ1) is 7.81. The average molecular weight is 162 g/mol. The second kappa shape index (κ2) is 2.91. The molecule has 12 heavy (non-hydrogen) atoms. The molecule has 1 saturated heterocycles. The predicted octanol–water partition coefficient (Wildman–Crippen LogP) is 2.32. The molecular formula is C11H14O. The zero-order valence-electron chi connectivity index (χ0n) is 7.15. The van der Waals surface area contributed by atoms with Crippen molar-refractivity contribution < 1.29 is 4.74 Å². The summed E-state index contributed by atoms with van der Waals surface area (Å²) in [6, 6.07) is 0. The quantitative estimate of drug-likeness (QED) is 0.458. The van der Waals surface area contributed by atoms with Crippen molar-refractivity contribution in [1.29, 1.82) is 0 Å². The molecule has 4 atom stereocenters. The van der Waals surface area contributed by atoms with Crippen molar-refractivity contribution in [1.82, 2.24) is 0 Å². The number of ether oxygens (including phenoxy) is 1. The highest BCUT2D eigenvalue weighted by atomic mass is 16.6. The van der Waals surface area contributed by atoms with Crippen molar-refractivity contribution in [2.24, 2.45) is 11.8 Å². The Morgan fingerprint density at radius 1 is 1.33 bits per heavy atom. The smallest absolute Gasteiger partial charge is 0.103 e. The number of hydrogen-bond donors (Lipinski definition) is 0. The molecule has 1 aliphatic heterocycles. The van der Waals surface area contributed by atoms with E-state index >= 15 is 0 Å². The molecule has 0 aromatic rings. The first-order valence-corrected chi connectivity index (χ1v) is 4.44. The monoisotopic (exact) mass is 162 g/mol. The van der Waals surface area contributed by atoms with Gasteiger partial charge in [0.2, 0.25) is 0 Å². The van der Waals surface area contributed by atoms with Crippen molar-refractivity contribution in [2.75, 3.05) is 0 Å². The molecule has 1 unspecified atom stereocenters. The molecule has 0 aromatic carbocycles. The van der Waals surface area contributed by atoms with Gasteiger partial charge < -0.3 is 4.74 Å². The third-order valence-electron chi connectivity index (χ3n) is 2.74. The average Bonchev–Trinajstić information content (AvgIpc) is 2.74. The van der Waals surface area contributed by atoms with Crippen molar-refractivity contribution in [3.63, 3.8) is 0 Å². The fourth-order valence-corrected chi connectivity index (χ4v) is 1.93. The van der Waals surface area contributed by atoms with Crippen molar-refractivity contribution >= 4 is 0 Å². The van der Waals surface area contributed by atoms with E-state index in [0.29, 0.717) is 24.0 Å². The molecule has 0 amide bonds. The van der Waals surface area contributed by atoms with Gasteiger partial charge in [-0.25, -0.2) is 0 Å². The Morgan fingerprint density at radius 2 is 2.17 bits per heavy atom. The summed E-state index contributed by atoms with van der Waals surface area (Å²) in [7, 11) is 0. The van der Waals surface area contributed by atoms with Crippen molar-refractivity contribution in [3.8, 4) is 0 Å². The van der Waals surface area contributed by atoms with Gasteiger partial charge in [-0.1, -0.05) is 24.3 Å². The fourth-order valence-electron chi connectivity index (χ4n) is 1.93. The highest BCUT2D eigenvalue weighted by Gasteiger charge is 2.44. The summed E-state index contributed by atoms with van der Waals surface area (Å²) < 4.78 is 5.47. The highest BCUT2D eigenvalue weighted by Crippen LogP contribution is 2.40. The number of allylic oxidation sites excluding steroid dienone is 2. The van der Waals surface area contributed by atoms with E-state index in [1.807, 2.05) is 12.2 Å². The van der Waals surface area contributed by atoms with Crippen LogP contribution in [0, 0.1) is 11.8 Å². The third-order valence-corrected chi connectivity index (χ3v) is 2.74. The van der Waals surface area contributed by atoms with E-state index in [0.717, 1.165) is 6.42 Å². The van der Waals surface area contributed by atoms with Crippen LogP contribution in [0.15, 0.2) is 37.5 Å². The minimum atomic E-state index is 0.292. The Kier molecular flexibility index (Phi) is 1.89. The molecule has 0 radical (unpaired) electrons. The predicted molar refractivity (Wildman–Crippen MR) is 49.8 cm³/mol. The lowest BCUT2D eigenvalue weighted by Crippen LogP contribution is -2.13. The Hall–Kier alpha value is -0.820. The Bertz CT molecular complexity index is 229. The Balaban J connectivity index is 1.99. The standard InChI is InChI=1S/C11H14O/c1-3-8-6-5-7-9(8)11-10(4-2)12-11/h3-5,7-11H,1-2,6H2/t8-,9+,10?,11+/m0/s1. The maximum atomic E-state index is 5.47. The lowest BCUT2D eigenvalue weighted by molar-refractivity contribution is 0.324. The van der Waals surface area contributed by atoms with Gasteiger partial charge in [-0.05, 0) is 12.3 Å². The molecule has 0 bridgehead atoms. The molecular weight excluding hydrogens is 148 g/mol. The zero-order chi connectivity index (χ0) is 8.55. The van der Waals surface area contributed by atoms with Gasteiger partial charge in [0.25, 0.3) is 0 Å². The SMILES string of the molecule is C=CC1O[C@@H]1[C@@H]1C=CC[C@@H]1C=C. The molecule has 1 aliphatic carbocycles. The van der Waals surface area contributed by atoms with E-state index < -0.39 is 0 Å². The highest BCUT2D eigenvalue weighted by molar-refractivity contribution is 5.15. The minimum Gasteiger partial charge on any atom is -0.365 e. The van der Waals surface area contributed by atoms with E-state index in [1.54, 1.807) is 0 Å². The Labute approximate surface area is 73.4 Å². The number of hydrogen-bond acceptors (Lipinski definition) is 1.